The van der Waals surface area contributed by atoms with Gasteiger partial charge in [-0.1, -0.05) is 45.9 Å². The molecule has 0 unspecified atom stereocenters. The molecule has 0 fully saturated rings. The van der Waals surface area contributed by atoms with Crippen molar-refractivity contribution < 1.29 is 19.1 Å². The van der Waals surface area contributed by atoms with Crippen LogP contribution in [0.25, 0.3) is 0 Å². The van der Waals surface area contributed by atoms with Gasteiger partial charge in [0.15, 0.2) is 0 Å². The molecule has 2 aromatic carbocycles. The van der Waals surface area contributed by atoms with Crippen LogP contribution in [0.3, 0.4) is 0 Å². The van der Waals surface area contributed by atoms with Gasteiger partial charge in [0.2, 0.25) is 0 Å². The second kappa shape index (κ2) is 9.39. The van der Waals surface area contributed by atoms with E-state index in [1.807, 2.05) is 48.5 Å². The van der Waals surface area contributed by atoms with Crippen molar-refractivity contribution in [2.75, 3.05) is 0 Å². The van der Waals surface area contributed by atoms with Gasteiger partial charge >= 0.3 is 11.9 Å². The Kier molecular flexibility index (Phi) is 7.21. The number of rotatable bonds is 7. The van der Waals surface area contributed by atoms with E-state index >= 15 is 0 Å². The fourth-order valence-electron chi connectivity index (χ4n) is 1.75. The first-order valence-electron chi connectivity index (χ1n) is 7.32. The fraction of sp³-hybridized carbons (Fsp3) is 0.222. The van der Waals surface area contributed by atoms with E-state index in [0.29, 0.717) is 13.2 Å². The molecule has 0 saturated heterocycles. The molecule has 0 N–H and O–H groups in total. The van der Waals surface area contributed by atoms with Crippen LogP contribution in [0, 0.1) is 0 Å². The molecule has 0 radical (unpaired) electrons. The van der Waals surface area contributed by atoms with Crippen molar-refractivity contribution in [3.63, 3.8) is 0 Å². The van der Waals surface area contributed by atoms with E-state index in [1.54, 1.807) is 21.6 Å². The summed E-state index contributed by atoms with van der Waals surface area (Å²) >= 11 is 0. The molecule has 0 spiro atoms. The molecular weight excluding hydrogens is 344 g/mol. The van der Waals surface area contributed by atoms with E-state index in [-0.39, 0.29) is 11.9 Å². The highest BCUT2D eigenvalue weighted by atomic mass is 33.1. The topological polar surface area (TPSA) is 52.6 Å². The Morgan fingerprint density at radius 3 is 1.33 bits per heavy atom. The quantitative estimate of drug-likeness (QED) is 0.529. The minimum absolute atomic E-state index is 0.277. The number of hydrogen-bond acceptors (Lipinski definition) is 6. The van der Waals surface area contributed by atoms with Crippen LogP contribution in [0.1, 0.15) is 25.0 Å². The van der Waals surface area contributed by atoms with Crippen molar-refractivity contribution in [1.29, 1.82) is 0 Å². The average molecular weight is 362 g/mol. The van der Waals surface area contributed by atoms with Gasteiger partial charge in [0.1, 0.15) is 13.2 Å². The van der Waals surface area contributed by atoms with Crippen LogP contribution < -0.4 is 0 Å². The molecule has 6 heteroatoms. The summed E-state index contributed by atoms with van der Waals surface area (Å²) in [6.45, 7) is 3.41. The fourth-order valence-corrected chi connectivity index (χ4v) is 3.68. The van der Waals surface area contributed by atoms with E-state index in [2.05, 4.69) is 0 Å². The molecule has 0 bridgehead atoms. The molecule has 126 valence electrons. The van der Waals surface area contributed by atoms with Gasteiger partial charge < -0.3 is 9.47 Å². The minimum atomic E-state index is -0.277. The lowest BCUT2D eigenvalue weighted by atomic mass is 10.2. The second-order valence-corrected chi connectivity index (χ2v) is 7.29. The van der Waals surface area contributed by atoms with Gasteiger partial charge in [-0.2, -0.15) is 0 Å². The van der Waals surface area contributed by atoms with E-state index in [0.717, 1.165) is 20.9 Å². The molecule has 0 atom stereocenters. The number of carbonyl (C=O) groups is 2. The standard InChI is InChI=1S/C18H18O4S2/c1-13(19)21-11-15-3-7-17(8-4-15)23-24-18-9-5-16(6-10-18)12-22-14(2)20/h3-10H,11-12H2,1-2H3. The van der Waals surface area contributed by atoms with Crippen LogP contribution in [-0.2, 0) is 32.3 Å². The van der Waals surface area contributed by atoms with Gasteiger partial charge in [0, 0.05) is 23.6 Å². The Bertz CT molecular complexity index is 620. The third kappa shape index (κ3) is 6.68. The smallest absolute Gasteiger partial charge is 0.302 e. The van der Waals surface area contributed by atoms with Crippen LogP contribution in [0.4, 0.5) is 0 Å². The lowest BCUT2D eigenvalue weighted by Crippen LogP contribution is -1.98. The normalized spacial score (nSPS) is 10.2. The van der Waals surface area contributed by atoms with Gasteiger partial charge in [0.25, 0.3) is 0 Å². The van der Waals surface area contributed by atoms with E-state index in [4.69, 9.17) is 9.47 Å². The molecule has 0 heterocycles. The van der Waals surface area contributed by atoms with Crippen LogP contribution in [-0.4, -0.2) is 11.9 Å². The summed E-state index contributed by atoms with van der Waals surface area (Å²) in [5.74, 6) is -0.553. The Labute approximate surface area is 149 Å². The number of benzene rings is 2. The van der Waals surface area contributed by atoms with Gasteiger partial charge in [-0.25, -0.2) is 0 Å². The van der Waals surface area contributed by atoms with E-state index in [1.165, 1.54) is 13.8 Å². The Morgan fingerprint density at radius 2 is 1.04 bits per heavy atom. The Morgan fingerprint density at radius 1 is 0.708 bits per heavy atom. The molecule has 0 saturated carbocycles. The molecule has 2 aromatic rings. The van der Waals surface area contributed by atoms with Gasteiger partial charge in [-0.3, -0.25) is 9.59 Å². The van der Waals surface area contributed by atoms with Crippen LogP contribution in [0.15, 0.2) is 58.3 Å². The maximum absolute atomic E-state index is 10.8. The summed E-state index contributed by atoms with van der Waals surface area (Å²) in [6, 6.07) is 15.8. The summed E-state index contributed by atoms with van der Waals surface area (Å²) in [5.41, 5.74) is 1.93. The highest BCUT2D eigenvalue weighted by Crippen LogP contribution is 2.37. The molecule has 24 heavy (non-hydrogen) atoms. The molecule has 0 aliphatic carbocycles. The summed E-state index contributed by atoms with van der Waals surface area (Å²) in [5, 5.41) is 0. The van der Waals surface area contributed by atoms with Gasteiger partial charge in [0.05, 0.1) is 0 Å². The van der Waals surface area contributed by atoms with E-state index < -0.39 is 0 Å². The third-order valence-electron chi connectivity index (χ3n) is 2.97. The van der Waals surface area contributed by atoms with Crippen molar-refractivity contribution >= 4 is 33.5 Å². The van der Waals surface area contributed by atoms with Crippen LogP contribution in [0.5, 0.6) is 0 Å². The zero-order valence-corrected chi connectivity index (χ0v) is 15.1. The summed E-state index contributed by atoms with van der Waals surface area (Å²) in [7, 11) is 3.31. The van der Waals surface area contributed by atoms with E-state index in [9.17, 15) is 9.59 Å². The van der Waals surface area contributed by atoms with Crippen molar-refractivity contribution in [3.05, 3.63) is 59.7 Å². The monoisotopic (exact) mass is 362 g/mol. The predicted octanol–water partition coefficient (Wildman–Crippen LogP) is 4.61. The predicted molar refractivity (Wildman–Crippen MR) is 95.5 cm³/mol. The number of carbonyl (C=O) groups excluding carboxylic acids is 2. The Balaban J connectivity index is 1.82. The summed E-state index contributed by atoms with van der Waals surface area (Å²) in [6.07, 6.45) is 0. The Hall–Kier alpha value is -1.92. The first-order chi connectivity index (χ1) is 11.5. The maximum atomic E-state index is 10.8. The van der Waals surface area contributed by atoms with Crippen molar-refractivity contribution in [1.82, 2.24) is 0 Å². The molecule has 0 aliphatic heterocycles. The first-order valence-corrected chi connectivity index (χ1v) is 9.47. The SMILES string of the molecule is CC(=O)OCc1ccc(SSc2ccc(COC(C)=O)cc2)cc1. The molecular formula is C18H18O4S2. The largest absolute Gasteiger partial charge is 0.461 e. The van der Waals surface area contributed by atoms with Crippen molar-refractivity contribution in [2.24, 2.45) is 0 Å². The summed E-state index contributed by atoms with van der Waals surface area (Å²) < 4.78 is 9.92. The third-order valence-corrected chi connectivity index (χ3v) is 5.38. The minimum Gasteiger partial charge on any atom is -0.461 e. The van der Waals surface area contributed by atoms with Crippen molar-refractivity contribution in [3.8, 4) is 0 Å². The van der Waals surface area contributed by atoms with Crippen LogP contribution in [0.2, 0.25) is 0 Å². The van der Waals surface area contributed by atoms with Crippen LogP contribution >= 0.6 is 21.6 Å². The maximum Gasteiger partial charge on any atom is 0.302 e. The zero-order valence-electron chi connectivity index (χ0n) is 13.5. The lowest BCUT2D eigenvalue weighted by molar-refractivity contribution is -0.143. The lowest BCUT2D eigenvalue weighted by Gasteiger charge is -2.05. The highest BCUT2D eigenvalue weighted by Gasteiger charge is 2.01. The molecule has 4 nitrogen and oxygen atoms in total. The number of esters is 2. The summed E-state index contributed by atoms with van der Waals surface area (Å²) in [4.78, 5) is 23.8. The van der Waals surface area contributed by atoms with Gasteiger partial charge in [-0.05, 0) is 35.4 Å². The zero-order chi connectivity index (χ0) is 17.4. The molecule has 0 aliphatic rings. The molecule has 2 rings (SSSR count). The van der Waals surface area contributed by atoms with Gasteiger partial charge in [-0.15, -0.1) is 0 Å². The molecule has 0 amide bonds. The first kappa shape index (κ1) is 18.4. The number of ether oxygens (including phenoxy) is 2. The second-order valence-electron chi connectivity index (χ2n) is 5.02. The number of hydrogen-bond donors (Lipinski definition) is 0. The van der Waals surface area contributed by atoms with Crippen molar-refractivity contribution in [2.45, 2.75) is 36.9 Å². The average Bonchev–Trinajstić information content (AvgIpc) is 2.58. The molecule has 0 aromatic heterocycles. The highest BCUT2D eigenvalue weighted by molar-refractivity contribution is 8.76.